The number of carbonyl (C=O) groups excluding carboxylic acids is 1. The van der Waals surface area contributed by atoms with Crippen LogP contribution in [-0.4, -0.2) is 61.6 Å². The fourth-order valence-corrected chi connectivity index (χ4v) is 3.33. The van der Waals surface area contributed by atoms with E-state index in [-0.39, 0.29) is 36.3 Å². The number of carbonyl (C=O) groups is 1. The van der Waals surface area contributed by atoms with E-state index in [9.17, 15) is 13.2 Å². The number of morpholine rings is 1. The van der Waals surface area contributed by atoms with E-state index in [4.69, 9.17) is 16.3 Å². The molecule has 10 heteroatoms. The molecule has 2 rings (SSSR count). The standard InChI is InChI=1S/C11H14ClN3O5S/c1-19-10(16)4-8-7-15(2-3-20-8)21(17,18)9-5-13-11(12)14-6-9/h5-6,8H,2-4,7H2,1H3. The number of nitrogens with zero attached hydrogens (tertiary/aromatic N) is 3. The van der Waals surface area contributed by atoms with Crippen LogP contribution in [0.1, 0.15) is 6.42 Å². The molecule has 1 aliphatic rings. The van der Waals surface area contributed by atoms with Gasteiger partial charge in [0.05, 0.1) is 38.6 Å². The van der Waals surface area contributed by atoms with Crippen LogP contribution in [-0.2, 0) is 24.3 Å². The van der Waals surface area contributed by atoms with Gasteiger partial charge < -0.3 is 9.47 Å². The summed E-state index contributed by atoms with van der Waals surface area (Å²) in [6.45, 7) is 0.470. The summed E-state index contributed by atoms with van der Waals surface area (Å²) in [6.07, 6.45) is 1.76. The molecular formula is C11H14ClN3O5S. The van der Waals surface area contributed by atoms with Crippen LogP contribution in [0.4, 0.5) is 0 Å². The number of sulfonamides is 1. The summed E-state index contributed by atoms with van der Waals surface area (Å²) >= 11 is 5.54. The molecule has 1 atom stereocenters. The van der Waals surface area contributed by atoms with Gasteiger partial charge in [-0.1, -0.05) is 0 Å². The highest BCUT2D eigenvalue weighted by molar-refractivity contribution is 7.89. The molecule has 1 aliphatic heterocycles. The average Bonchev–Trinajstić information content (AvgIpc) is 2.48. The number of ether oxygens (including phenoxy) is 2. The zero-order valence-corrected chi connectivity index (χ0v) is 12.8. The minimum absolute atomic E-state index is 0.000359. The lowest BCUT2D eigenvalue weighted by Gasteiger charge is -2.31. The Kier molecular flexibility index (Phi) is 5.09. The van der Waals surface area contributed by atoms with Gasteiger partial charge in [-0.05, 0) is 11.6 Å². The second kappa shape index (κ2) is 6.65. The molecule has 0 amide bonds. The van der Waals surface area contributed by atoms with Crippen molar-refractivity contribution in [3.05, 3.63) is 17.7 Å². The first kappa shape index (κ1) is 16.1. The summed E-state index contributed by atoms with van der Waals surface area (Å²) in [4.78, 5) is 18.5. The Morgan fingerprint density at radius 1 is 1.52 bits per heavy atom. The number of hydrogen-bond acceptors (Lipinski definition) is 7. The van der Waals surface area contributed by atoms with E-state index in [1.165, 1.54) is 11.4 Å². The number of halogens is 1. The molecule has 0 saturated carbocycles. The monoisotopic (exact) mass is 335 g/mol. The van der Waals surface area contributed by atoms with Gasteiger partial charge in [0, 0.05) is 13.1 Å². The second-order valence-corrected chi connectivity index (χ2v) is 6.60. The third-order valence-corrected chi connectivity index (χ3v) is 4.97. The summed E-state index contributed by atoms with van der Waals surface area (Å²) in [5.74, 6) is -0.450. The molecule has 1 unspecified atom stereocenters. The number of rotatable bonds is 4. The van der Waals surface area contributed by atoms with Crippen molar-refractivity contribution < 1.29 is 22.7 Å². The maximum Gasteiger partial charge on any atom is 0.308 e. The topological polar surface area (TPSA) is 98.7 Å². The summed E-state index contributed by atoms with van der Waals surface area (Å²) < 4.78 is 36.0. The van der Waals surface area contributed by atoms with Gasteiger partial charge in [-0.15, -0.1) is 0 Å². The quantitative estimate of drug-likeness (QED) is 0.567. The van der Waals surface area contributed by atoms with Crippen LogP contribution in [0.2, 0.25) is 5.28 Å². The minimum Gasteiger partial charge on any atom is -0.469 e. The van der Waals surface area contributed by atoms with Crippen LogP contribution >= 0.6 is 11.6 Å². The highest BCUT2D eigenvalue weighted by atomic mass is 35.5. The molecular weight excluding hydrogens is 322 g/mol. The Labute approximate surface area is 127 Å². The fraction of sp³-hybridized carbons (Fsp3) is 0.545. The van der Waals surface area contributed by atoms with Crippen molar-refractivity contribution in [1.29, 1.82) is 0 Å². The summed E-state index contributed by atoms with van der Waals surface area (Å²) in [7, 11) is -2.47. The van der Waals surface area contributed by atoms with Crippen molar-refractivity contribution in [2.24, 2.45) is 0 Å². The maximum absolute atomic E-state index is 12.4. The van der Waals surface area contributed by atoms with Crippen LogP contribution < -0.4 is 0 Å². The lowest BCUT2D eigenvalue weighted by molar-refractivity contribution is -0.145. The van der Waals surface area contributed by atoms with Crippen molar-refractivity contribution in [1.82, 2.24) is 14.3 Å². The van der Waals surface area contributed by atoms with E-state index in [0.717, 1.165) is 12.4 Å². The van der Waals surface area contributed by atoms with Crippen LogP contribution in [0, 0.1) is 0 Å². The van der Waals surface area contributed by atoms with E-state index in [2.05, 4.69) is 14.7 Å². The van der Waals surface area contributed by atoms with E-state index in [1.54, 1.807) is 0 Å². The number of esters is 1. The first-order chi connectivity index (χ1) is 9.93. The Balaban J connectivity index is 2.12. The fourth-order valence-electron chi connectivity index (χ4n) is 1.89. The normalized spacial score (nSPS) is 20.2. The number of methoxy groups -OCH3 is 1. The SMILES string of the molecule is COC(=O)CC1CN(S(=O)(=O)c2cnc(Cl)nc2)CCO1. The largest absolute Gasteiger partial charge is 0.469 e. The van der Waals surface area contributed by atoms with E-state index < -0.39 is 22.1 Å². The third kappa shape index (κ3) is 3.88. The molecule has 1 saturated heterocycles. The van der Waals surface area contributed by atoms with Crippen molar-refractivity contribution in [3.8, 4) is 0 Å². The zero-order valence-electron chi connectivity index (χ0n) is 11.2. The van der Waals surface area contributed by atoms with E-state index in [0.29, 0.717) is 0 Å². The molecule has 0 radical (unpaired) electrons. The Bertz CT molecular complexity index is 607. The van der Waals surface area contributed by atoms with Gasteiger partial charge in [-0.2, -0.15) is 4.31 Å². The third-order valence-electron chi connectivity index (χ3n) is 2.96. The Morgan fingerprint density at radius 3 is 2.81 bits per heavy atom. The molecule has 116 valence electrons. The van der Waals surface area contributed by atoms with Crippen LogP contribution in [0.3, 0.4) is 0 Å². The maximum atomic E-state index is 12.4. The summed E-state index contributed by atoms with van der Waals surface area (Å²) in [5, 5.41) is -0.0282. The minimum atomic E-state index is -3.74. The molecule has 0 bridgehead atoms. The van der Waals surface area contributed by atoms with Gasteiger partial charge in [0.2, 0.25) is 15.3 Å². The summed E-state index contributed by atoms with van der Waals surface area (Å²) in [5.41, 5.74) is 0. The van der Waals surface area contributed by atoms with Crippen LogP contribution in [0.25, 0.3) is 0 Å². The van der Waals surface area contributed by atoms with Gasteiger partial charge in [-0.3, -0.25) is 4.79 Å². The van der Waals surface area contributed by atoms with Gasteiger partial charge in [0.25, 0.3) is 0 Å². The predicted molar refractivity (Wildman–Crippen MR) is 72.2 cm³/mol. The van der Waals surface area contributed by atoms with Gasteiger partial charge >= 0.3 is 5.97 Å². The van der Waals surface area contributed by atoms with Gasteiger partial charge in [0.15, 0.2) is 0 Å². The lowest BCUT2D eigenvalue weighted by Crippen LogP contribution is -2.46. The Hall–Kier alpha value is -1.29. The molecule has 21 heavy (non-hydrogen) atoms. The molecule has 0 aliphatic carbocycles. The number of hydrogen-bond donors (Lipinski definition) is 0. The van der Waals surface area contributed by atoms with Crippen molar-refractivity contribution in [2.75, 3.05) is 26.8 Å². The molecule has 1 aromatic heterocycles. The lowest BCUT2D eigenvalue weighted by atomic mass is 10.2. The highest BCUT2D eigenvalue weighted by Crippen LogP contribution is 2.19. The van der Waals surface area contributed by atoms with Crippen LogP contribution in [0.5, 0.6) is 0 Å². The van der Waals surface area contributed by atoms with Crippen molar-refractivity contribution in [3.63, 3.8) is 0 Å². The molecule has 1 aromatic rings. The second-order valence-electron chi connectivity index (χ2n) is 4.32. The summed E-state index contributed by atoms with van der Waals surface area (Å²) in [6, 6.07) is 0. The Morgan fingerprint density at radius 2 is 2.19 bits per heavy atom. The van der Waals surface area contributed by atoms with Crippen molar-refractivity contribution in [2.45, 2.75) is 17.4 Å². The predicted octanol–water partition coefficient (Wildman–Crippen LogP) is 0.0826. The van der Waals surface area contributed by atoms with E-state index >= 15 is 0 Å². The molecule has 0 N–H and O–H groups in total. The molecule has 8 nitrogen and oxygen atoms in total. The van der Waals surface area contributed by atoms with E-state index in [1.807, 2.05) is 0 Å². The zero-order chi connectivity index (χ0) is 15.5. The molecule has 0 spiro atoms. The number of aromatic nitrogens is 2. The first-order valence-electron chi connectivity index (χ1n) is 6.09. The van der Waals surface area contributed by atoms with Crippen LogP contribution in [0.15, 0.2) is 17.3 Å². The molecule has 2 heterocycles. The van der Waals surface area contributed by atoms with Gasteiger partial charge in [0.1, 0.15) is 4.90 Å². The highest BCUT2D eigenvalue weighted by Gasteiger charge is 2.32. The average molecular weight is 336 g/mol. The molecule has 0 aromatic carbocycles. The first-order valence-corrected chi connectivity index (χ1v) is 7.91. The van der Waals surface area contributed by atoms with Gasteiger partial charge in [-0.25, -0.2) is 18.4 Å². The smallest absolute Gasteiger partial charge is 0.308 e. The molecule has 1 fully saturated rings. The van der Waals surface area contributed by atoms with Crippen molar-refractivity contribution >= 4 is 27.6 Å².